The Morgan fingerprint density at radius 2 is 1.90 bits per heavy atom. The Balaban J connectivity index is 1.80. The number of carboxylic acids is 1. The fourth-order valence-electron chi connectivity index (χ4n) is 2.71. The number of phenolic OH excluding ortho intramolecular Hbond substituents is 1. The van der Waals surface area contributed by atoms with Crippen LogP contribution in [0.25, 0.3) is 0 Å². The molecule has 0 aromatic heterocycles. The van der Waals surface area contributed by atoms with Gasteiger partial charge in [-0.1, -0.05) is 18.6 Å². The molecule has 3 N–H and O–H groups in total. The van der Waals surface area contributed by atoms with Crippen LogP contribution in [0.15, 0.2) is 24.3 Å². The molecule has 2 atom stereocenters. The number of aliphatic carboxylic acids is 1. The summed E-state index contributed by atoms with van der Waals surface area (Å²) in [7, 11) is 0. The molecule has 5 heteroatoms. The van der Waals surface area contributed by atoms with Crippen LogP contribution in [-0.2, 0) is 16.0 Å². The highest BCUT2D eigenvalue weighted by Gasteiger charge is 2.32. The molecule has 0 bridgehead atoms. The van der Waals surface area contributed by atoms with E-state index < -0.39 is 5.97 Å². The molecule has 0 spiro atoms. The normalized spacial score (nSPS) is 21.6. The number of rotatable bonds is 5. The predicted octanol–water partition coefficient (Wildman–Crippen LogP) is 1.55. The second-order valence-corrected chi connectivity index (χ2v) is 5.28. The van der Waals surface area contributed by atoms with E-state index in [9.17, 15) is 9.59 Å². The van der Waals surface area contributed by atoms with Crippen LogP contribution in [0.2, 0.25) is 0 Å². The van der Waals surface area contributed by atoms with Crippen LogP contribution < -0.4 is 5.32 Å². The molecule has 0 heterocycles. The highest BCUT2D eigenvalue weighted by atomic mass is 16.4. The fraction of sp³-hybridized carbons (Fsp3) is 0.467. The molecule has 1 fully saturated rings. The van der Waals surface area contributed by atoms with Crippen LogP contribution in [0.1, 0.15) is 24.8 Å². The van der Waals surface area contributed by atoms with Crippen LogP contribution in [0, 0.1) is 11.8 Å². The van der Waals surface area contributed by atoms with Gasteiger partial charge in [0.15, 0.2) is 0 Å². The average Bonchev–Trinajstić information content (AvgIpc) is 2.88. The number of phenols is 1. The van der Waals surface area contributed by atoms with Crippen molar-refractivity contribution in [3.05, 3.63) is 29.8 Å². The Morgan fingerprint density at radius 1 is 1.20 bits per heavy atom. The fourth-order valence-corrected chi connectivity index (χ4v) is 2.71. The molecule has 5 nitrogen and oxygen atoms in total. The summed E-state index contributed by atoms with van der Waals surface area (Å²) in [5, 5.41) is 21.0. The molecule has 0 aliphatic heterocycles. The lowest BCUT2D eigenvalue weighted by atomic mass is 9.96. The molecular formula is C15H19NO4. The van der Waals surface area contributed by atoms with Crippen LogP contribution >= 0.6 is 0 Å². The first kappa shape index (κ1) is 14.4. The summed E-state index contributed by atoms with van der Waals surface area (Å²) in [6.45, 7) is 0.424. The quantitative estimate of drug-likeness (QED) is 0.762. The zero-order valence-electron chi connectivity index (χ0n) is 11.2. The largest absolute Gasteiger partial charge is 0.508 e. The van der Waals surface area contributed by atoms with Gasteiger partial charge in [0.2, 0.25) is 5.91 Å². The number of carbonyl (C=O) groups is 2. The van der Waals surface area contributed by atoms with E-state index in [1.807, 2.05) is 0 Å². The van der Waals surface area contributed by atoms with Crippen LogP contribution in [0.4, 0.5) is 0 Å². The molecule has 1 saturated carbocycles. The maximum atomic E-state index is 11.8. The standard InChI is InChI=1S/C15H19NO4/c17-12-6-4-10(5-7-12)8-14(18)16-9-11-2-1-3-13(11)15(19)20/h4-7,11,13,17H,1-3,8-9H2,(H,16,18)(H,19,20). The van der Waals surface area contributed by atoms with Gasteiger partial charge < -0.3 is 15.5 Å². The van der Waals surface area contributed by atoms with Gasteiger partial charge in [-0.2, -0.15) is 0 Å². The predicted molar refractivity (Wildman–Crippen MR) is 73.3 cm³/mol. The zero-order valence-corrected chi connectivity index (χ0v) is 11.2. The Kier molecular flexibility index (Phi) is 4.61. The van der Waals surface area contributed by atoms with Crippen molar-refractivity contribution in [2.75, 3.05) is 6.54 Å². The van der Waals surface area contributed by atoms with Crippen molar-refractivity contribution in [1.29, 1.82) is 0 Å². The second-order valence-electron chi connectivity index (χ2n) is 5.28. The molecule has 108 valence electrons. The maximum absolute atomic E-state index is 11.8. The minimum atomic E-state index is -0.764. The summed E-state index contributed by atoms with van der Waals surface area (Å²) in [5.41, 5.74) is 0.821. The maximum Gasteiger partial charge on any atom is 0.306 e. The first-order valence-electron chi connectivity index (χ1n) is 6.83. The Hall–Kier alpha value is -2.04. The van der Waals surface area contributed by atoms with E-state index in [-0.39, 0.29) is 29.9 Å². The topological polar surface area (TPSA) is 86.6 Å². The van der Waals surface area contributed by atoms with Gasteiger partial charge >= 0.3 is 5.97 Å². The van der Waals surface area contributed by atoms with Crippen molar-refractivity contribution in [2.45, 2.75) is 25.7 Å². The minimum absolute atomic E-state index is 0.0382. The third-order valence-electron chi connectivity index (χ3n) is 3.84. The van der Waals surface area contributed by atoms with Gasteiger partial charge in [0.05, 0.1) is 12.3 Å². The van der Waals surface area contributed by atoms with Gasteiger partial charge in [-0.15, -0.1) is 0 Å². The minimum Gasteiger partial charge on any atom is -0.508 e. The summed E-state index contributed by atoms with van der Waals surface area (Å²) < 4.78 is 0. The van der Waals surface area contributed by atoms with Gasteiger partial charge in [0.1, 0.15) is 5.75 Å². The van der Waals surface area contributed by atoms with E-state index in [2.05, 4.69) is 5.32 Å². The van der Waals surface area contributed by atoms with Gasteiger partial charge in [0.25, 0.3) is 0 Å². The number of aromatic hydroxyl groups is 1. The molecule has 1 amide bonds. The lowest BCUT2D eigenvalue weighted by Crippen LogP contribution is -2.33. The molecule has 1 aliphatic carbocycles. The number of benzene rings is 1. The Labute approximate surface area is 117 Å². The van der Waals surface area contributed by atoms with Gasteiger partial charge in [-0.3, -0.25) is 9.59 Å². The smallest absolute Gasteiger partial charge is 0.306 e. The van der Waals surface area contributed by atoms with Crippen molar-refractivity contribution < 1.29 is 19.8 Å². The van der Waals surface area contributed by atoms with E-state index >= 15 is 0 Å². The van der Waals surface area contributed by atoms with Crippen molar-refractivity contribution >= 4 is 11.9 Å². The summed E-state index contributed by atoms with van der Waals surface area (Å²) in [6.07, 6.45) is 2.71. The van der Waals surface area contributed by atoms with Crippen molar-refractivity contribution in [3.63, 3.8) is 0 Å². The number of carboxylic acid groups (broad SMARTS) is 1. The van der Waals surface area contributed by atoms with Crippen LogP contribution in [0.3, 0.4) is 0 Å². The summed E-state index contributed by atoms with van der Waals surface area (Å²) >= 11 is 0. The average molecular weight is 277 g/mol. The third kappa shape index (κ3) is 3.73. The first-order chi connectivity index (χ1) is 9.56. The highest BCUT2D eigenvalue weighted by Crippen LogP contribution is 2.31. The second kappa shape index (κ2) is 6.41. The Morgan fingerprint density at radius 3 is 2.55 bits per heavy atom. The molecular weight excluding hydrogens is 258 g/mol. The van der Waals surface area contributed by atoms with E-state index in [1.54, 1.807) is 24.3 Å². The monoisotopic (exact) mass is 277 g/mol. The lowest BCUT2D eigenvalue weighted by molar-refractivity contribution is -0.143. The molecule has 1 aliphatic rings. The highest BCUT2D eigenvalue weighted by molar-refractivity contribution is 5.78. The van der Waals surface area contributed by atoms with Crippen LogP contribution in [0.5, 0.6) is 5.75 Å². The SMILES string of the molecule is O=C(Cc1ccc(O)cc1)NCC1CCCC1C(=O)O. The van der Waals surface area contributed by atoms with E-state index in [0.717, 1.165) is 18.4 Å². The molecule has 0 saturated heterocycles. The molecule has 1 aromatic carbocycles. The summed E-state index contributed by atoms with van der Waals surface area (Å²) in [5.74, 6) is -1.00. The van der Waals surface area contributed by atoms with Gasteiger partial charge in [-0.25, -0.2) is 0 Å². The lowest BCUT2D eigenvalue weighted by Gasteiger charge is -2.16. The molecule has 0 radical (unpaired) electrons. The van der Waals surface area contributed by atoms with Crippen LogP contribution in [-0.4, -0.2) is 28.6 Å². The molecule has 20 heavy (non-hydrogen) atoms. The zero-order chi connectivity index (χ0) is 14.5. The van der Waals surface area contributed by atoms with E-state index in [0.29, 0.717) is 13.0 Å². The number of amides is 1. The van der Waals surface area contributed by atoms with Crippen molar-refractivity contribution in [1.82, 2.24) is 5.32 Å². The van der Waals surface area contributed by atoms with E-state index in [1.165, 1.54) is 0 Å². The number of carbonyl (C=O) groups excluding carboxylic acids is 1. The van der Waals surface area contributed by atoms with Gasteiger partial charge in [-0.05, 0) is 36.5 Å². The van der Waals surface area contributed by atoms with Crippen molar-refractivity contribution in [3.8, 4) is 5.75 Å². The Bertz CT molecular complexity index is 483. The number of hydrogen-bond donors (Lipinski definition) is 3. The number of hydrogen-bond acceptors (Lipinski definition) is 3. The van der Waals surface area contributed by atoms with E-state index in [4.69, 9.17) is 10.2 Å². The molecule has 2 rings (SSSR count). The third-order valence-corrected chi connectivity index (χ3v) is 3.84. The number of nitrogens with one attached hydrogen (secondary N) is 1. The van der Waals surface area contributed by atoms with Crippen molar-refractivity contribution in [2.24, 2.45) is 11.8 Å². The summed E-state index contributed by atoms with van der Waals surface area (Å²) in [4.78, 5) is 22.9. The molecule has 2 unspecified atom stereocenters. The first-order valence-corrected chi connectivity index (χ1v) is 6.83. The summed E-state index contributed by atoms with van der Waals surface area (Å²) in [6, 6.07) is 6.48. The van der Waals surface area contributed by atoms with Gasteiger partial charge in [0, 0.05) is 6.54 Å². The molecule has 1 aromatic rings.